The Morgan fingerprint density at radius 3 is 2.46 bits per heavy atom. The van der Waals surface area contributed by atoms with Crippen molar-refractivity contribution in [2.24, 2.45) is 0 Å². The lowest BCUT2D eigenvalue weighted by Crippen LogP contribution is -2.29. The largest absolute Gasteiger partial charge is 0.417 e. The maximum Gasteiger partial charge on any atom is 0.417 e. The van der Waals surface area contributed by atoms with Gasteiger partial charge in [0, 0.05) is 53.9 Å². The van der Waals surface area contributed by atoms with Gasteiger partial charge in [0.2, 0.25) is 0 Å². The molecule has 1 fully saturated rings. The van der Waals surface area contributed by atoms with E-state index >= 15 is 0 Å². The number of benzene rings is 2. The van der Waals surface area contributed by atoms with Crippen molar-refractivity contribution in [2.75, 3.05) is 35.2 Å². The number of nitrogens with zero attached hydrogens (tertiary/aromatic N) is 2. The van der Waals surface area contributed by atoms with Gasteiger partial charge in [0.25, 0.3) is 0 Å². The summed E-state index contributed by atoms with van der Waals surface area (Å²) >= 11 is 0. The van der Waals surface area contributed by atoms with Crippen molar-refractivity contribution in [2.45, 2.75) is 38.8 Å². The summed E-state index contributed by atoms with van der Waals surface area (Å²) in [6.07, 6.45) is -0.212. The molecule has 0 aliphatic carbocycles. The van der Waals surface area contributed by atoms with E-state index in [0.717, 1.165) is 68.3 Å². The number of aromatic nitrogens is 1. The molecule has 1 saturated heterocycles. The van der Waals surface area contributed by atoms with Crippen molar-refractivity contribution >= 4 is 22.9 Å². The van der Waals surface area contributed by atoms with Crippen LogP contribution in [0.4, 0.5) is 30.4 Å². The fourth-order valence-electron chi connectivity index (χ4n) is 4.39. The van der Waals surface area contributed by atoms with Gasteiger partial charge < -0.3 is 15.5 Å². The van der Waals surface area contributed by atoms with E-state index in [0.29, 0.717) is 11.5 Å². The predicted molar refractivity (Wildman–Crippen MR) is 139 cm³/mol. The molecular formula is C28H31F3N4. The zero-order valence-electron chi connectivity index (χ0n) is 20.0. The van der Waals surface area contributed by atoms with Gasteiger partial charge in [-0.15, -0.1) is 0 Å². The third-order valence-electron chi connectivity index (χ3n) is 6.14. The molecule has 1 aliphatic heterocycles. The second-order valence-corrected chi connectivity index (χ2v) is 8.76. The molecule has 0 radical (unpaired) electrons. The number of alkyl halides is 3. The van der Waals surface area contributed by atoms with Gasteiger partial charge in [0.1, 0.15) is 5.82 Å². The zero-order valence-corrected chi connectivity index (χ0v) is 20.0. The van der Waals surface area contributed by atoms with Crippen LogP contribution in [-0.2, 0) is 6.18 Å². The van der Waals surface area contributed by atoms with Crippen molar-refractivity contribution in [3.05, 3.63) is 78.4 Å². The van der Waals surface area contributed by atoms with Crippen LogP contribution in [0.5, 0.6) is 0 Å². The van der Waals surface area contributed by atoms with Gasteiger partial charge in [0.15, 0.2) is 0 Å². The molecule has 2 heterocycles. The third-order valence-corrected chi connectivity index (χ3v) is 6.14. The number of hydrogen-bond acceptors (Lipinski definition) is 4. The second-order valence-electron chi connectivity index (χ2n) is 8.76. The summed E-state index contributed by atoms with van der Waals surface area (Å²) in [5.74, 6) is 0.468. The molecule has 4 rings (SSSR count). The van der Waals surface area contributed by atoms with Gasteiger partial charge in [-0.1, -0.05) is 49.9 Å². The normalized spacial score (nSPS) is 14.0. The summed E-state index contributed by atoms with van der Waals surface area (Å²) in [5, 5.41) is 6.67. The molecule has 2 aromatic carbocycles. The molecule has 0 saturated carbocycles. The minimum atomic E-state index is -4.47. The lowest BCUT2D eigenvalue weighted by molar-refractivity contribution is -0.137. The van der Waals surface area contributed by atoms with E-state index in [1.54, 1.807) is 12.1 Å². The molecule has 1 aliphatic rings. The van der Waals surface area contributed by atoms with Crippen LogP contribution < -0.4 is 15.5 Å². The first-order valence-electron chi connectivity index (χ1n) is 12.1. The number of para-hydroxylation sites is 1. The molecule has 184 valence electrons. The first-order chi connectivity index (χ1) is 16.9. The monoisotopic (exact) mass is 480 g/mol. The lowest BCUT2D eigenvalue weighted by atomic mass is 10.0. The Labute approximate surface area is 204 Å². The lowest BCUT2D eigenvalue weighted by Gasteiger charge is -2.29. The summed E-state index contributed by atoms with van der Waals surface area (Å²) in [4.78, 5) is 6.83. The summed E-state index contributed by atoms with van der Waals surface area (Å²) in [5.41, 5.74) is 2.99. The number of rotatable bonds is 8. The van der Waals surface area contributed by atoms with Crippen LogP contribution >= 0.6 is 0 Å². The first kappa shape index (κ1) is 24.6. The highest BCUT2D eigenvalue weighted by Gasteiger charge is 2.34. The van der Waals surface area contributed by atoms with Crippen LogP contribution in [0.2, 0.25) is 0 Å². The van der Waals surface area contributed by atoms with Crippen molar-refractivity contribution in [3.63, 3.8) is 0 Å². The first-order valence-corrected chi connectivity index (χ1v) is 12.1. The minimum absolute atomic E-state index is 0.0672. The molecule has 0 amide bonds. The number of nitrogens with one attached hydrogen (secondary N) is 2. The van der Waals surface area contributed by atoms with E-state index in [1.165, 1.54) is 12.1 Å². The molecule has 1 aromatic heterocycles. The number of piperidine rings is 1. The highest BCUT2D eigenvalue weighted by molar-refractivity contribution is 5.83. The maximum atomic E-state index is 13.8. The number of hydrogen-bond donors (Lipinski definition) is 2. The van der Waals surface area contributed by atoms with Crippen LogP contribution in [0, 0.1) is 0 Å². The van der Waals surface area contributed by atoms with Gasteiger partial charge in [-0.05, 0) is 43.9 Å². The molecule has 0 bridgehead atoms. The van der Waals surface area contributed by atoms with Crippen molar-refractivity contribution < 1.29 is 13.2 Å². The van der Waals surface area contributed by atoms with Gasteiger partial charge in [-0.3, -0.25) is 0 Å². The zero-order chi connectivity index (χ0) is 24.8. The van der Waals surface area contributed by atoms with E-state index in [1.807, 2.05) is 30.3 Å². The van der Waals surface area contributed by atoms with Crippen LogP contribution in [0.25, 0.3) is 17.0 Å². The smallest absolute Gasteiger partial charge is 0.385 e. The Morgan fingerprint density at radius 2 is 1.71 bits per heavy atom. The topological polar surface area (TPSA) is 40.2 Å². The molecule has 3 aromatic rings. The highest BCUT2D eigenvalue weighted by Crippen LogP contribution is 2.38. The number of pyridine rings is 1. The Bertz CT molecular complexity index is 1170. The molecular weight excluding hydrogens is 449 g/mol. The molecule has 2 N–H and O–H groups in total. The fraction of sp³-hybridized carbons (Fsp3) is 0.321. The van der Waals surface area contributed by atoms with Gasteiger partial charge in [-0.2, -0.15) is 13.2 Å². The highest BCUT2D eigenvalue weighted by atomic mass is 19.4. The average molecular weight is 481 g/mol. The maximum absolute atomic E-state index is 13.8. The van der Waals surface area contributed by atoms with E-state index < -0.39 is 11.7 Å². The summed E-state index contributed by atoms with van der Waals surface area (Å²) in [6.45, 7) is 8.87. The Balaban J connectivity index is 1.74. The van der Waals surface area contributed by atoms with Gasteiger partial charge in [-0.25, -0.2) is 4.98 Å². The van der Waals surface area contributed by atoms with Crippen molar-refractivity contribution in [1.29, 1.82) is 0 Å². The second kappa shape index (κ2) is 10.8. The number of halogens is 3. The van der Waals surface area contributed by atoms with Crippen LogP contribution in [0.15, 0.2) is 67.2 Å². The minimum Gasteiger partial charge on any atom is -0.385 e. The third kappa shape index (κ3) is 5.96. The molecule has 7 heteroatoms. The molecule has 4 nitrogen and oxygen atoms in total. The summed E-state index contributed by atoms with van der Waals surface area (Å²) in [6, 6.07) is 17.1. The van der Waals surface area contributed by atoms with Gasteiger partial charge >= 0.3 is 6.18 Å². The Hall–Kier alpha value is -3.48. The molecule has 0 spiro atoms. The standard InChI is InChI=1S/C28H31F3N4/c1-3-15-32-25-14-8-6-11-22(25)20(2)33-27-19-21(35-16-9-4-10-17-35)18-26(34-27)23-12-5-7-13-24(23)28(29,30)31/h5-8,11-14,18-19,32H,2-4,9-10,15-17H2,1H3,(H,33,34). The predicted octanol–water partition coefficient (Wildman–Crippen LogP) is 7.66. The molecule has 35 heavy (non-hydrogen) atoms. The van der Waals surface area contributed by atoms with Crippen LogP contribution in [-0.4, -0.2) is 24.6 Å². The Kier molecular flexibility index (Phi) is 7.63. The van der Waals surface area contributed by atoms with Crippen LogP contribution in [0.1, 0.15) is 43.7 Å². The van der Waals surface area contributed by atoms with E-state index in [-0.39, 0.29) is 11.3 Å². The number of anilines is 3. The molecule has 0 unspecified atom stereocenters. The van der Waals surface area contributed by atoms with E-state index in [2.05, 4.69) is 34.0 Å². The fourth-order valence-corrected chi connectivity index (χ4v) is 4.39. The van der Waals surface area contributed by atoms with E-state index in [9.17, 15) is 13.2 Å². The van der Waals surface area contributed by atoms with Gasteiger partial charge in [0.05, 0.1) is 11.3 Å². The average Bonchev–Trinajstić information content (AvgIpc) is 2.87. The quantitative estimate of drug-likeness (QED) is 0.347. The van der Waals surface area contributed by atoms with Crippen LogP contribution in [0.3, 0.4) is 0 Å². The summed E-state index contributed by atoms with van der Waals surface area (Å²) < 4.78 is 41.4. The SMILES string of the molecule is C=C(Nc1cc(N2CCCCC2)cc(-c2ccccc2C(F)(F)F)n1)c1ccccc1NCCC. The van der Waals surface area contributed by atoms with Crippen molar-refractivity contribution in [3.8, 4) is 11.3 Å². The Morgan fingerprint density at radius 1 is 1.00 bits per heavy atom. The molecule has 0 atom stereocenters. The summed E-state index contributed by atoms with van der Waals surface area (Å²) in [7, 11) is 0. The van der Waals surface area contributed by atoms with E-state index in [4.69, 9.17) is 0 Å². The van der Waals surface area contributed by atoms with Crippen molar-refractivity contribution in [1.82, 2.24) is 4.98 Å².